The number of carbonyl (C=O) groups excluding carboxylic acids is 4. The van der Waals surface area contributed by atoms with Crippen LogP contribution in [0.2, 0.25) is 0 Å². The summed E-state index contributed by atoms with van der Waals surface area (Å²) in [5, 5.41) is 2.67. The second-order valence-electron chi connectivity index (χ2n) is 5.43. The molecule has 1 aromatic carbocycles. The van der Waals surface area contributed by atoms with Gasteiger partial charge in [0.2, 0.25) is 5.91 Å². The van der Waals surface area contributed by atoms with Gasteiger partial charge in [-0.2, -0.15) is 0 Å². The van der Waals surface area contributed by atoms with Gasteiger partial charge in [0.05, 0.1) is 0 Å². The van der Waals surface area contributed by atoms with Crippen molar-refractivity contribution in [2.45, 2.75) is 27.2 Å². The lowest BCUT2D eigenvalue weighted by Crippen LogP contribution is -2.39. The summed E-state index contributed by atoms with van der Waals surface area (Å²) in [7, 11) is 0. The average molecular weight is 317 g/mol. The number of imide groups is 2. The van der Waals surface area contributed by atoms with E-state index < -0.39 is 30.3 Å². The average Bonchev–Trinajstić information content (AvgIpc) is 2.70. The fraction of sp³-hybridized carbons (Fsp3) is 0.375. The topological polar surface area (TPSA) is 86.8 Å². The molecule has 2 rings (SSSR count). The summed E-state index contributed by atoms with van der Waals surface area (Å²) >= 11 is 0. The summed E-state index contributed by atoms with van der Waals surface area (Å²) in [5.41, 5.74) is 2.54. The van der Waals surface area contributed by atoms with Crippen molar-refractivity contribution < 1.29 is 19.2 Å². The molecule has 0 spiro atoms. The molecule has 7 nitrogen and oxygen atoms in total. The Balaban J connectivity index is 2.08. The number of nitrogens with zero attached hydrogens (tertiary/aromatic N) is 2. The Hall–Kier alpha value is -2.70. The van der Waals surface area contributed by atoms with Crippen molar-refractivity contribution in [1.82, 2.24) is 9.80 Å². The van der Waals surface area contributed by atoms with Gasteiger partial charge in [0, 0.05) is 12.2 Å². The number of benzene rings is 1. The number of carbonyl (C=O) groups is 4. The summed E-state index contributed by atoms with van der Waals surface area (Å²) in [4.78, 5) is 49.3. The van der Waals surface area contributed by atoms with E-state index in [4.69, 9.17) is 0 Å². The first kappa shape index (κ1) is 16.7. The van der Waals surface area contributed by atoms with Gasteiger partial charge < -0.3 is 5.32 Å². The summed E-state index contributed by atoms with van der Waals surface area (Å²) in [6.07, 6.45) is 0.549. The van der Waals surface area contributed by atoms with Crippen LogP contribution in [0.15, 0.2) is 18.2 Å². The monoisotopic (exact) mass is 317 g/mol. The van der Waals surface area contributed by atoms with E-state index in [2.05, 4.69) is 5.32 Å². The molecule has 0 bridgehead atoms. The lowest BCUT2D eigenvalue weighted by atomic mass is 10.1. The second-order valence-corrected chi connectivity index (χ2v) is 5.43. The third kappa shape index (κ3) is 3.23. The van der Waals surface area contributed by atoms with Gasteiger partial charge in [-0.25, -0.2) is 9.69 Å². The number of rotatable bonds is 5. The molecular weight excluding hydrogens is 298 g/mol. The molecule has 1 aliphatic rings. The van der Waals surface area contributed by atoms with Crippen LogP contribution in [0.4, 0.5) is 10.5 Å². The SMILES string of the molecule is CCCN1C(=O)C(=O)N(CC(=O)Nc2cccc(C)c2C)C1=O. The van der Waals surface area contributed by atoms with Crippen molar-refractivity contribution in [3.63, 3.8) is 0 Å². The highest BCUT2D eigenvalue weighted by Crippen LogP contribution is 2.18. The normalized spacial score (nSPS) is 14.7. The molecule has 0 radical (unpaired) electrons. The standard InChI is InChI=1S/C16H19N3O4/c1-4-8-18-14(21)15(22)19(16(18)23)9-13(20)17-12-7-5-6-10(2)11(12)3/h5-7H,4,8-9H2,1-3H3,(H,17,20). The summed E-state index contributed by atoms with van der Waals surface area (Å²) in [6.45, 7) is 5.26. The minimum Gasteiger partial charge on any atom is -0.324 e. The molecule has 1 aromatic rings. The second kappa shape index (κ2) is 6.60. The van der Waals surface area contributed by atoms with Gasteiger partial charge in [-0.05, 0) is 37.5 Å². The zero-order chi connectivity index (χ0) is 17.1. The maximum atomic E-state index is 12.1. The van der Waals surface area contributed by atoms with Gasteiger partial charge in [-0.1, -0.05) is 19.1 Å². The summed E-state index contributed by atoms with van der Waals surface area (Å²) in [5.74, 6) is -2.36. The molecule has 1 fully saturated rings. The van der Waals surface area contributed by atoms with Crippen LogP contribution < -0.4 is 5.32 Å². The van der Waals surface area contributed by atoms with E-state index in [1.807, 2.05) is 19.9 Å². The van der Waals surface area contributed by atoms with Crippen molar-refractivity contribution in [2.24, 2.45) is 0 Å². The molecule has 122 valence electrons. The number of hydrogen-bond acceptors (Lipinski definition) is 4. The lowest BCUT2D eigenvalue weighted by Gasteiger charge is -2.15. The Kier molecular flexibility index (Phi) is 4.78. The van der Waals surface area contributed by atoms with Gasteiger partial charge in [-0.3, -0.25) is 19.3 Å². The number of anilines is 1. The Morgan fingerprint density at radius 2 is 1.74 bits per heavy atom. The van der Waals surface area contributed by atoms with Crippen LogP contribution in [-0.2, 0) is 14.4 Å². The van der Waals surface area contributed by atoms with Gasteiger partial charge in [0.25, 0.3) is 0 Å². The van der Waals surface area contributed by atoms with Crippen LogP contribution in [0.3, 0.4) is 0 Å². The van der Waals surface area contributed by atoms with Crippen molar-refractivity contribution in [1.29, 1.82) is 0 Å². The molecule has 0 aromatic heterocycles. The summed E-state index contributed by atoms with van der Waals surface area (Å²) in [6, 6.07) is 4.72. The van der Waals surface area contributed by atoms with Crippen LogP contribution in [0.1, 0.15) is 24.5 Å². The van der Waals surface area contributed by atoms with Crippen molar-refractivity contribution in [3.8, 4) is 0 Å². The van der Waals surface area contributed by atoms with Crippen LogP contribution >= 0.6 is 0 Å². The Morgan fingerprint density at radius 1 is 1.09 bits per heavy atom. The number of nitrogens with one attached hydrogen (secondary N) is 1. The number of aryl methyl sites for hydroxylation is 1. The molecule has 1 saturated heterocycles. The van der Waals surface area contributed by atoms with E-state index in [-0.39, 0.29) is 6.54 Å². The van der Waals surface area contributed by atoms with Crippen molar-refractivity contribution in [3.05, 3.63) is 29.3 Å². The van der Waals surface area contributed by atoms with E-state index >= 15 is 0 Å². The first-order chi connectivity index (χ1) is 10.9. The Labute approximate surface area is 134 Å². The zero-order valence-corrected chi connectivity index (χ0v) is 13.4. The van der Waals surface area contributed by atoms with Gasteiger partial charge in [0.1, 0.15) is 6.54 Å². The molecular formula is C16H19N3O4. The first-order valence-corrected chi connectivity index (χ1v) is 7.40. The van der Waals surface area contributed by atoms with Crippen LogP contribution in [0.25, 0.3) is 0 Å². The lowest BCUT2D eigenvalue weighted by molar-refractivity contribution is -0.143. The van der Waals surface area contributed by atoms with Gasteiger partial charge in [-0.15, -0.1) is 0 Å². The maximum Gasteiger partial charge on any atom is 0.334 e. The molecule has 7 heteroatoms. The zero-order valence-electron chi connectivity index (χ0n) is 13.4. The highest BCUT2D eigenvalue weighted by Gasteiger charge is 2.44. The Morgan fingerprint density at radius 3 is 2.39 bits per heavy atom. The molecule has 1 aliphatic heterocycles. The van der Waals surface area contributed by atoms with E-state index in [0.717, 1.165) is 16.0 Å². The number of hydrogen-bond donors (Lipinski definition) is 1. The van der Waals surface area contributed by atoms with Gasteiger partial charge >= 0.3 is 17.8 Å². The fourth-order valence-corrected chi connectivity index (χ4v) is 2.33. The van der Waals surface area contributed by atoms with E-state index in [1.54, 1.807) is 19.1 Å². The van der Waals surface area contributed by atoms with E-state index in [1.165, 1.54) is 0 Å². The first-order valence-electron chi connectivity index (χ1n) is 7.40. The minimum atomic E-state index is -0.959. The molecule has 0 unspecified atom stereocenters. The molecule has 0 atom stereocenters. The van der Waals surface area contributed by atoms with Crippen molar-refractivity contribution >= 4 is 29.4 Å². The van der Waals surface area contributed by atoms with Crippen LogP contribution in [-0.4, -0.2) is 46.6 Å². The fourth-order valence-electron chi connectivity index (χ4n) is 2.33. The molecule has 0 aliphatic carbocycles. The Bertz CT molecular complexity index is 684. The van der Waals surface area contributed by atoms with Crippen LogP contribution in [0, 0.1) is 13.8 Å². The molecule has 23 heavy (non-hydrogen) atoms. The van der Waals surface area contributed by atoms with Crippen LogP contribution in [0.5, 0.6) is 0 Å². The minimum absolute atomic E-state index is 0.165. The van der Waals surface area contributed by atoms with Crippen molar-refractivity contribution in [2.75, 3.05) is 18.4 Å². The number of amides is 5. The van der Waals surface area contributed by atoms with Gasteiger partial charge in [0.15, 0.2) is 0 Å². The third-order valence-electron chi connectivity index (χ3n) is 3.76. The molecule has 1 heterocycles. The predicted octanol–water partition coefficient (Wildman–Crippen LogP) is 1.44. The maximum absolute atomic E-state index is 12.1. The largest absolute Gasteiger partial charge is 0.334 e. The van der Waals surface area contributed by atoms with E-state index in [9.17, 15) is 19.2 Å². The third-order valence-corrected chi connectivity index (χ3v) is 3.76. The quantitative estimate of drug-likeness (QED) is 0.657. The highest BCUT2D eigenvalue weighted by molar-refractivity contribution is 6.45. The van der Waals surface area contributed by atoms with E-state index in [0.29, 0.717) is 17.0 Å². The highest BCUT2D eigenvalue weighted by atomic mass is 16.2. The summed E-state index contributed by atoms with van der Waals surface area (Å²) < 4.78 is 0. The molecule has 1 N–H and O–H groups in total. The molecule has 0 saturated carbocycles. The molecule has 5 amide bonds. The predicted molar refractivity (Wildman–Crippen MR) is 83.7 cm³/mol. The number of urea groups is 1. The smallest absolute Gasteiger partial charge is 0.324 e.